The predicted molar refractivity (Wildman–Crippen MR) is 131 cm³/mol. The van der Waals surface area contributed by atoms with E-state index in [9.17, 15) is 19.5 Å². The normalized spacial score (nSPS) is 19.5. The molecule has 0 aromatic carbocycles. The van der Waals surface area contributed by atoms with Crippen LogP contribution in [-0.2, 0) is 9.53 Å². The highest BCUT2D eigenvalue weighted by molar-refractivity contribution is 7.08. The smallest absolute Gasteiger partial charge is 0.341 e. The van der Waals surface area contributed by atoms with Crippen molar-refractivity contribution >= 4 is 40.1 Å². The number of anilines is 1. The van der Waals surface area contributed by atoms with E-state index in [1.807, 2.05) is 11.8 Å². The van der Waals surface area contributed by atoms with Gasteiger partial charge in [0, 0.05) is 43.8 Å². The molecule has 2 saturated heterocycles. The number of hydrogen-bond acceptors (Lipinski definition) is 9. The number of fused-ring (bicyclic) bond motifs is 1. The van der Waals surface area contributed by atoms with E-state index in [2.05, 4.69) is 9.36 Å². The molecule has 0 aliphatic carbocycles. The van der Waals surface area contributed by atoms with Gasteiger partial charge in [-0.3, -0.25) is 14.2 Å². The Morgan fingerprint density at radius 2 is 2.11 bits per heavy atom. The molecule has 1 atom stereocenters. The number of hydrogen-bond donors (Lipinski definition) is 1. The molecule has 35 heavy (non-hydrogen) atoms. The molecular weight excluding hydrogens is 470 g/mol. The number of carboxylic acids is 1. The SMILES string of the molecule is Cc1cc(N2CC(C)(C(=O)CCC3CCCCO3)C2)nc2c1c(=O)c(C(=O)O)cn2-c1ncns1. The second-order valence-electron chi connectivity index (χ2n) is 9.63. The Morgan fingerprint density at radius 1 is 1.31 bits per heavy atom. The fourth-order valence-corrected chi connectivity index (χ4v) is 5.48. The zero-order valence-electron chi connectivity index (χ0n) is 19.7. The molecule has 0 saturated carbocycles. The van der Waals surface area contributed by atoms with Gasteiger partial charge in [0.25, 0.3) is 0 Å². The van der Waals surface area contributed by atoms with Crippen LogP contribution in [0.5, 0.6) is 0 Å². The first-order valence-corrected chi connectivity index (χ1v) is 12.5. The molecule has 0 amide bonds. The van der Waals surface area contributed by atoms with Gasteiger partial charge >= 0.3 is 5.97 Å². The van der Waals surface area contributed by atoms with Crippen molar-refractivity contribution in [2.24, 2.45) is 5.41 Å². The van der Waals surface area contributed by atoms with Crippen LogP contribution < -0.4 is 10.3 Å². The fourth-order valence-electron chi connectivity index (χ4n) is 4.97. The van der Waals surface area contributed by atoms with E-state index in [-0.39, 0.29) is 22.8 Å². The predicted octanol–water partition coefficient (Wildman–Crippen LogP) is 2.99. The number of carbonyl (C=O) groups is 2. The van der Waals surface area contributed by atoms with Crippen molar-refractivity contribution in [3.63, 3.8) is 0 Å². The zero-order chi connectivity index (χ0) is 24.7. The third-order valence-electron chi connectivity index (χ3n) is 6.97. The number of rotatable bonds is 7. The van der Waals surface area contributed by atoms with Crippen molar-refractivity contribution in [1.82, 2.24) is 18.9 Å². The van der Waals surface area contributed by atoms with Crippen LogP contribution in [0.15, 0.2) is 23.4 Å². The number of Topliss-reactive ketones (excluding diaryl/α,β-unsaturated/α-hetero) is 1. The molecule has 10 nitrogen and oxygen atoms in total. The monoisotopic (exact) mass is 497 g/mol. The average molecular weight is 498 g/mol. The van der Waals surface area contributed by atoms with Crippen LogP contribution in [0.3, 0.4) is 0 Å². The van der Waals surface area contributed by atoms with Crippen LogP contribution in [0.25, 0.3) is 16.2 Å². The van der Waals surface area contributed by atoms with Gasteiger partial charge in [-0.1, -0.05) is 0 Å². The molecule has 5 rings (SSSR count). The van der Waals surface area contributed by atoms with Crippen LogP contribution >= 0.6 is 11.5 Å². The number of aryl methyl sites for hydroxylation is 1. The molecule has 1 unspecified atom stereocenters. The van der Waals surface area contributed by atoms with Crippen molar-refractivity contribution in [2.75, 3.05) is 24.6 Å². The molecule has 3 aromatic rings. The zero-order valence-corrected chi connectivity index (χ0v) is 20.5. The number of pyridine rings is 2. The summed E-state index contributed by atoms with van der Waals surface area (Å²) in [6.07, 6.45) is 7.36. The van der Waals surface area contributed by atoms with Crippen LogP contribution in [-0.4, -0.2) is 61.6 Å². The van der Waals surface area contributed by atoms with Crippen molar-refractivity contribution < 1.29 is 19.4 Å². The minimum Gasteiger partial charge on any atom is -0.477 e. The molecule has 0 radical (unpaired) electrons. The highest BCUT2D eigenvalue weighted by Gasteiger charge is 2.45. The van der Waals surface area contributed by atoms with E-state index >= 15 is 0 Å². The van der Waals surface area contributed by atoms with Gasteiger partial charge in [0.05, 0.1) is 16.9 Å². The maximum atomic E-state index is 13.0. The quantitative estimate of drug-likeness (QED) is 0.524. The van der Waals surface area contributed by atoms with E-state index in [0.717, 1.165) is 43.8 Å². The summed E-state index contributed by atoms with van der Waals surface area (Å²) in [5.74, 6) is -0.441. The molecule has 2 aliphatic rings. The van der Waals surface area contributed by atoms with Crippen molar-refractivity contribution in [1.29, 1.82) is 0 Å². The first kappa shape index (κ1) is 23.6. The molecule has 1 N–H and O–H groups in total. The highest BCUT2D eigenvalue weighted by Crippen LogP contribution is 2.37. The number of ketones is 1. The van der Waals surface area contributed by atoms with E-state index in [0.29, 0.717) is 41.7 Å². The van der Waals surface area contributed by atoms with E-state index in [1.165, 1.54) is 17.1 Å². The van der Waals surface area contributed by atoms with Gasteiger partial charge in [0.15, 0.2) is 5.65 Å². The summed E-state index contributed by atoms with van der Waals surface area (Å²) in [4.78, 5) is 48.5. The Kier molecular flexibility index (Phi) is 6.14. The second-order valence-corrected chi connectivity index (χ2v) is 10.4. The molecular formula is C24H27N5O5S. The number of carboxylic acid groups (broad SMARTS) is 1. The number of ether oxygens (including phenoxy) is 1. The number of carbonyl (C=O) groups excluding carboxylic acids is 1. The topological polar surface area (TPSA) is 128 Å². The lowest BCUT2D eigenvalue weighted by molar-refractivity contribution is -0.130. The number of nitrogens with zero attached hydrogens (tertiary/aromatic N) is 5. The molecule has 2 aliphatic heterocycles. The van der Waals surface area contributed by atoms with Crippen molar-refractivity contribution in [3.8, 4) is 5.13 Å². The van der Waals surface area contributed by atoms with Gasteiger partial charge in [-0.15, -0.1) is 0 Å². The third-order valence-corrected chi connectivity index (χ3v) is 7.64. The Morgan fingerprint density at radius 3 is 2.77 bits per heavy atom. The van der Waals surface area contributed by atoms with Crippen LogP contribution in [0.4, 0.5) is 5.82 Å². The standard InChI is InChI=1S/C24H27N5O5S/c1-14-9-18(28-11-24(2,12-28)17(30)7-6-15-5-3-4-8-34-15)27-21-19(14)20(31)16(22(32)33)10-29(21)23-25-13-26-35-23/h9-10,13,15H,3-8,11-12H2,1-2H3,(H,32,33). The van der Waals surface area contributed by atoms with Crippen molar-refractivity contribution in [2.45, 2.75) is 52.1 Å². The Balaban J connectivity index is 1.41. The minimum absolute atomic E-state index is 0.185. The lowest BCUT2D eigenvalue weighted by Gasteiger charge is -2.48. The fraction of sp³-hybridized carbons (Fsp3) is 0.500. The molecule has 0 bridgehead atoms. The average Bonchev–Trinajstić information content (AvgIpc) is 3.35. The highest BCUT2D eigenvalue weighted by atomic mass is 32.1. The van der Waals surface area contributed by atoms with Gasteiger partial charge in [-0.2, -0.15) is 4.37 Å². The van der Waals surface area contributed by atoms with Gasteiger partial charge in [-0.05, 0) is 51.2 Å². The summed E-state index contributed by atoms with van der Waals surface area (Å²) in [7, 11) is 0. The van der Waals surface area contributed by atoms with Crippen molar-refractivity contribution in [3.05, 3.63) is 39.9 Å². The molecule has 2 fully saturated rings. The van der Waals surface area contributed by atoms with Crippen LogP contribution in [0.2, 0.25) is 0 Å². The molecule has 3 aromatic heterocycles. The molecule has 5 heterocycles. The van der Waals surface area contributed by atoms with Crippen LogP contribution in [0, 0.1) is 12.3 Å². The Bertz CT molecular complexity index is 1340. The summed E-state index contributed by atoms with van der Waals surface area (Å²) in [5, 5.41) is 10.2. The largest absolute Gasteiger partial charge is 0.477 e. The maximum Gasteiger partial charge on any atom is 0.341 e. The molecule has 11 heteroatoms. The summed E-state index contributed by atoms with van der Waals surface area (Å²) in [6.45, 7) is 5.60. The van der Waals surface area contributed by atoms with Gasteiger partial charge in [-0.25, -0.2) is 14.8 Å². The lowest BCUT2D eigenvalue weighted by atomic mass is 9.76. The van der Waals surface area contributed by atoms with E-state index < -0.39 is 16.8 Å². The minimum atomic E-state index is -1.31. The van der Waals surface area contributed by atoms with Gasteiger partial charge < -0.3 is 14.7 Å². The first-order chi connectivity index (χ1) is 16.8. The lowest BCUT2D eigenvalue weighted by Crippen LogP contribution is -2.59. The van der Waals surface area contributed by atoms with Gasteiger partial charge in [0.1, 0.15) is 23.5 Å². The number of aromatic nitrogens is 4. The molecule has 0 spiro atoms. The maximum absolute atomic E-state index is 13.0. The Labute approximate surface area is 205 Å². The Hall–Kier alpha value is -3.18. The van der Waals surface area contributed by atoms with E-state index in [1.54, 1.807) is 13.0 Å². The number of aromatic carboxylic acids is 1. The van der Waals surface area contributed by atoms with Crippen LogP contribution in [0.1, 0.15) is 54.9 Å². The van der Waals surface area contributed by atoms with Gasteiger partial charge in [0.2, 0.25) is 10.6 Å². The summed E-state index contributed by atoms with van der Waals surface area (Å²) < 4.78 is 11.3. The first-order valence-electron chi connectivity index (χ1n) is 11.7. The summed E-state index contributed by atoms with van der Waals surface area (Å²) in [5.41, 5.74) is -0.453. The third kappa shape index (κ3) is 4.34. The van der Waals surface area contributed by atoms with E-state index in [4.69, 9.17) is 9.72 Å². The summed E-state index contributed by atoms with van der Waals surface area (Å²) >= 11 is 1.08. The summed E-state index contributed by atoms with van der Waals surface area (Å²) in [6, 6.07) is 1.78. The second kappa shape index (κ2) is 9.12. The molecule has 184 valence electrons.